The first kappa shape index (κ1) is 14.2. The van der Waals surface area contributed by atoms with E-state index >= 15 is 0 Å². The second kappa shape index (κ2) is 6.82. The Labute approximate surface area is 110 Å². The maximum Gasteiger partial charge on any atom is 0.0793 e. The largest absolute Gasteiger partial charge is 0.390 e. The Balaban J connectivity index is 1.70. The van der Waals surface area contributed by atoms with Crippen molar-refractivity contribution in [2.75, 3.05) is 52.5 Å². The van der Waals surface area contributed by atoms with Crippen LogP contribution in [0.4, 0.5) is 0 Å². The smallest absolute Gasteiger partial charge is 0.0793 e. The van der Waals surface area contributed by atoms with Crippen LogP contribution in [0, 0.1) is 0 Å². The van der Waals surface area contributed by atoms with E-state index in [0.29, 0.717) is 0 Å². The van der Waals surface area contributed by atoms with Crippen molar-refractivity contribution in [2.24, 2.45) is 0 Å². The highest BCUT2D eigenvalue weighted by Gasteiger charge is 2.24. The van der Waals surface area contributed by atoms with Crippen molar-refractivity contribution in [2.45, 2.75) is 32.2 Å². The molecule has 0 aromatic heterocycles. The molecule has 3 atom stereocenters. The quantitative estimate of drug-likeness (QED) is 0.756. The van der Waals surface area contributed by atoms with Crippen LogP contribution < -0.4 is 0 Å². The summed E-state index contributed by atoms with van der Waals surface area (Å²) in [5.74, 6) is 0. The van der Waals surface area contributed by atoms with E-state index in [1.165, 1.54) is 0 Å². The van der Waals surface area contributed by atoms with E-state index in [1.807, 2.05) is 0 Å². The van der Waals surface area contributed by atoms with E-state index in [-0.39, 0.29) is 18.3 Å². The molecule has 106 valence electrons. The Bertz CT molecular complexity index is 236. The monoisotopic (exact) mass is 258 g/mol. The number of aliphatic hydroxyl groups is 1. The van der Waals surface area contributed by atoms with Crippen LogP contribution in [-0.2, 0) is 9.47 Å². The molecule has 18 heavy (non-hydrogen) atoms. The summed E-state index contributed by atoms with van der Waals surface area (Å²) < 4.78 is 11.0. The highest BCUT2D eigenvalue weighted by Crippen LogP contribution is 2.11. The Hall–Kier alpha value is -0.200. The summed E-state index contributed by atoms with van der Waals surface area (Å²) in [6, 6.07) is 0. The number of morpholine rings is 2. The molecule has 0 radical (unpaired) electrons. The van der Waals surface area contributed by atoms with E-state index in [4.69, 9.17) is 9.47 Å². The minimum Gasteiger partial charge on any atom is -0.390 e. The average molecular weight is 258 g/mol. The third-order valence-electron chi connectivity index (χ3n) is 3.54. The Kier molecular flexibility index (Phi) is 5.38. The predicted octanol–water partition coefficient (Wildman–Crippen LogP) is -0.211. The van der Waals surface area contributed by atoms with Gasteiger partial charge in [0.15, 0.2) is 0 Å². The van der Waals surface area contributed by atoms with Crippen molar-refractivity contribution < 1.29 is 14.6 Å². The third-order valence-corrected chi connectivity index (χ3v) is 3.54. The summed E-state index contributed by atoms with van der Waals surface area (Å²) in [6.45, 7) is 11.0. The van der Waals surface area contributed by atoms with Gasteiger partial charge in [-0.15, -0.1) is 0 Å². The van der Waals surface area contributed by atoms with Gasteiger partial charge in [0.1, 0.15) is 0 Å². The van der Waals surface area contributed by atoms with Crippen LogP contribution in [0.3, 0.4) is 0 Å². The highest BCUT2D eigenvalue weighted by molar-refractivity contribution is 4.77. The van der Waals surface area contributed by atoms with Crippen LogP contribution in [-0.4, -0.2) is 85.7 Å². The molecule has 0 spiro atoms. The van der Waals surface area contributed by atoms with Gasteiger partial charge < -0.3 is 14.6 Å². The second-order valence-corrected chi connectivity index (χ2v) is 5.54. The van der Waals surface area contributed by atoms with E-state index < -0.39 is 0 Å². The fraction of sp³-hybridized carbons (Fsp3) is 1.00. The number of β-amino-alcohol motifs (C(OH)–C–C–N with tert-alkyl or cyclic N) is 1. The van der Waals surface area contributed by atoms with E-state index in [2.05, 4.69) is 23.6 Å². The van der Waals surface area contributed by atoms with Gasteiger partial charge in [0, 0.05) is 39.3 Å². The molecule has 5 nitrogen and oxygen atoms in total. The lowest BCUT2D eigenvalue weighted by molar-refractivity contribution is -0.0794. The molecule has 0 aromatic rings. The molecule has 5 heteroatoms. The van der Waals surface area contributed by atoms with E-state index in [9.17, 15) is 5.11 Å². The number of aliphatic hydroxyl groups excluding tert-OH is 1. The molecule has 2 saturated heterocycles. The number of rotatable bonds is 4. The number of nitrogens with zero attached hydrogens (tertiary/aromatic N) is 2. The number of hydrogen-bond acceptors (Lipinski definition) is 5. The minimum atomic E-state index is -0.277. The number of ether oxygens (including phenoxy) is 2. The zero-order valence-electron chi connectivity index (χ0n) is 11.5. The molecule has 0 aliphatic carbocycles. The molecule has 2 aliphatic rings. The summed E-state index contributed by atoms with van der Waals surface area (Å²) in [5, 5.41) is 10.2. The van der Waals surface area contributed by atoms with Crippen molar-refractivity contribution in [3.63, 3.8) is 0 Å². The molecule has 0 saturated carbocycles. The first-order chi connectivity index (χ1) is 8.63. The Morgan fingerprint density at radius 1 is 1.06 bits per heavy atom. The van der Waals surface area contributed by atoms with Gasteiger partial charge in [0.25, 0.3) is 0 Å². The molecule has 3 unspecified atom stereocenters. The normalized spacial score (nSPS) is 33.5. The number of hydrogen-bond donors (Lipinski definition) is 1. The molecule has 0 bridgehead atoms. The first-order valence-corrected chi connectivity index (χ1v) is 6.99. The lowest BCUT2D eigenvalue weighted by Crippen LogP contribution is -2.50. The van der Waals surface area contributed by atoms with Crippen molar-refractivity contribution in [3.05, 3.63) is 0 Å². The van der Waals surface area contributed by atoms with Crippen LogP contribution in [0.25, 0.3) is 0 Å². The average Bonchev–Trinajstić information content (AvgIpc) is 2.28. The van der Waals surface area contributed by atoms with Crippen LogP contribution in [0.15, 0.2) is 0 Å². The zero-order valence-corrected chi connectivity index (χ0v) is 11.5. The molecule has 0 aromatic carbocycles. The SMILES string of the molecule is CC1CN(CC(O)CN2CCOCC2)CC(C)O1. The minimum absolute atomic E-state index is 0.268. The second-order valence-electron chi connectivity index (χ2n) is 5.54. The first-order valence-electron chi connectivity index (χ1n) is 6.99. The molecule has 2 rings (SSSR count). The summed E-state index contributed by atoms with van der Waals surface area (Å²) in [7, 11) is 0. The van der Waals surface area contributed by atoms with Crippen LogP contribution in [0.1, 0.15) is 13.8 Å². The third kappa shape index (κ3) is 4.48. The van der Waals surface area contributed by atoms with Gasteiger partial charge in [-0.05, 0) is 13.8 Å². The molecule has 0 amide bonds. The molecule has 2 aliphatic heterocycles. The van der Waals surface area contributed by atoms with Crippen molar-refractivity contribution in [1.82, 2.24) is 9.80 Å². The molecule has 2 fully saturated rings. The zero-order chi connectivity index (χ0) is 13.0. The van der Waals surface area contributed by atoms with Gasteiger partial charge in [-0.25, -0.2) is 0 Å². The maximum atomic E-state index is 10.2. The summed E-state index contributed by atoms with van der Waals surface area (Å²) in [5.41, 5.74) is 0. The van der Waals surface area contributed by atoms with Crippen LogP contribution >= 0.6 is 0 Å². The van der Waals surface area contributed by atoms with E-state index in [0.717, 1.165) is 52.5 Å². The Morgan fingerprint density at radius 2 is 1.61 bits per heavy atom. The predicted molar refractivity (Wildman–Crippen MR) is 69.7 cm³/mol. The topological polar surface area (TPSA) is 45.2 Å². The lowest BCUT2D eigenvalue weighted by Gasteiger charge is -2.37. The van der Waals surface area contributed by atoms with Gasteiger partial charge in [0.2, 0.25) is 0 Å². The summed E-state index contributed by atoms with van der Waals surface area (Å²) in [6.07, 6.45) is 0.259. The van der Waals surface area contributed by atoms with Crippen molar-refractivity contribution in [1.29, 1.82) is 0 Å². The maximum absolute atomic E-state index is 10.2. The lowest BCUT2D eigenvalue weighted by atomic mass is 10.2. The van der Waals surface area contributed by atoms with Gasteiger partial charge in [-0.1, -0.05) is 0 Å². The van der Waals surface area contributed by atoms with Gasteiger partial charge >= 0.3 is 0 Å². The van der Waals surface area contributed by atoms with Crippen molar-refractivity contribution >= 4 is 0 Å². The van der Waals surface area contributed by atoms with Crippen molar-refractivity contribution in [3.8, 4) is 0 Å². The summed E-state index contributed by atoms with van der Waals surface area (Å²) in [4.78, 5) is 4.59. The molecule has 1 N–H and O–H groups in total. The fourth-order valence-electron chi connectivity index (χ4n) is 2.87. The van der Waals surface area contributed by atoms with Crippen LogP contribution in [0.5, 0.6) is 0 Å². The summed E-state index contributed by atoms with van der Waals surface area (Å²) >= 11 is 0. The van der Waals surface area contributed by atoms with Crippen LogP contribution in [0.2, 0.25) is 0 Å². The molecular formula is C13H26N2O3. The van der Waals surface area contributed by atoms with E-state index in [1.54, 1.807) is 0 Å². The molecular weight excluding hydrogens is 232 g/mol. The fourth-order valence-corrected chi connectivity index (χ4v) is 2.87. The van der Waals surface area contributed by atoms with Gasteiger partial charge in [0.05, 0.1) is 31.5 Å². The molecule has 2 heterocycles. The highest BCUT2D eigenvalue weighted by atomic mass is 16.5. The standard InChI is InChI=1S/C13H26N2O3/c1-11-7-15(8-12(2)18-11)10-13(16)9-14-3-5-17-6-4-14/h11-13,16H,3-10H2,1-2H3. The van der Waals surface area contributed by atoms with Gasteiger partial charge in [-0.2, -0.15) is 0 Å². The van der Waals surface area contributed by atoms with Gasteiger partial charge in [-0.3, -0.25) is 9.80 Å². The Morgan fingerprint density at radius 3 is 2.22 bits per heavy atom.